The van der Waals surface area contributed by atoms with Gasteiger partial charge in [0.25, 0.3) is 35.4 Å². The molecule has 21 nitrogen and oxygen atoms in total. The van der Waals surface area contributed by atoms with Crippen molar-refractivity contribution in [2.75, 3.05) is 21.3 Å². The lowest BCUT2D eigenvalue weighted by Crippen LogP contribution is -2.56. The minimum atomic E-state index is -1.70. The third-order valence-corrected chi connectivity index (χ3v) is 18.8. The van der Waals surface area contributed by atoms with Gasteiger partial charge >= 0.3 is 21.4 Å². The second-order valence-corrected chi connectivity index (χ2v) is 30.3. The Morgan fingerprint density at radius 2 is 0.706 bits per heavy atom. The van der Waals surface area contributed by atoms with E-state index in [1.807, 2.05) is 128 Å². The van der Waals surface area contributed by atoms with Crippen LogP contribution in [0.2, 0.25) is 0 Å². The predicted octanol–water partition coefficient (Wildman–Crippen LogP) is 10.4. The zero-order chi connectivity index (χ0) is 77.1. The zero-order valence-electron chi connectivity index (χ0n) is 64.6. The van der Waals surface area contributed by atoms with Crippen LogP contribution in [-0.2, 0) is 9.31 Å². The number of carbonyl (C=O) groups is 6. The van der Waals surface area contributed by atoms with Crippen molar-refractivity contribution in [2.24, 2.45) is 16.2 Å². The summed E-state index contributed by atoms with van der Waals surface area (Å²) in [6.07, 6.45) is 1.87. The average molecular weight is 1400 g/mol. The van der Waals surface area contributed by atoms with Crippen LogP contribution in [0.5, 0.6) is 17.2 Å². The number of nitrogens with one attached hydrogen (secondary N) is 3. The number of hydrogen-bond acceptors (Lipinski definition) is 15. The van der Waals surface area contributed by atoms with Crippen molar-refractivity contribution in [1.29, 1.82) is 0 Å². The largest absolute Gasteiger partial charge is 0.496 e. The molecule has 7 rings (SSSR count). The Kier molecular flexibility index (Phi) is 28.6. The number of nitrogens with zero attached hydrogens (tertiary/aromatic N) is 3. The quantitative estimate of drug-likeness (QED) is 0.0311. The molecule has 0 unspecified atom stereocenters. The Morgan fingerprint density at radius 1 is 0.441 bits per heavy atom. The molecular formula is C78H109B3N6O15. The number of hydrazine groups is 3. The number of ether oxygens (including phenoxy) is 3. The molecule has 1 saturated heterocycles. The summed E-state index contributed by atoms with van der Waals surface area (Å²) in [4.78, 5) is 81.3. The van der Waals surface area contributed by atoms with Crippen molar-refractivity contribution in [2.45, 2.75) is 201 Å². The van der Waals surface area contributed by atoms with E-state index in [9.17, 15) is 48.9 Å². The van der Waals surface area contributed by atoms with Crippen LogP contribution in [-0.4, -0.2) is 143 Å². The molecule has 24 heteroatoms. The smallest absolute Gasteiger partial charge is 0.494 e. The maximum absolute atomic E-state index is 14.1. The Labute approximate surface area is 605 Å². The van der Waals surface area contributed by atoms with Gasteiger partial charge in [0.1, 0.15) is 17.2 Å². The summed E-state index contributed by atoms with van der Waals surface area (Å²) in [5, 5.41) is 42.6. The molecule has 0 spiro atoms. The van der Waals surface area contributed by atoms with Gasteiger partial charge in [-0.3, -0.25) is 45.0 Å². The van der Waals surface area contributed by atoms with Crippen LogP contribution in [0.1, 0.15) is 226 Å². The number of aryl methyl sites for hydroxylation is 3. The number of carbonyl (C=O) groups excluding carboxylic acids is 6. The second kappa shape index (κ2) is 34.6. The van der Waals surface area contributed by atoms with Gasteiger partial charge in [-0.25, -0.2) is 15.0 Å². The molecule has 0 radical (unpaired) electrons. The lowest BCUT2D eigenvalue weighted by atomic mass is 9.77. The molecule has 1 aliphatic heterocycles. The van der Waals surface area contributed by atoms with E-state index >= 15 is 0 Å². The predicted molar refractivity (Wildman–Crippen MR) is 404 cm³/mol. The summed E-state index contributed by atoms with van der Waals surface area (Å²) in [6, 6.07) is 29.8. The van der Waals surface area contributed by atoms with Gasteiger partial charge in [0.15, 0.2) is 0 Å². The summed E-state index contributed by atoms with van der Waals surface area (Å²) in [6.45, 7) is 43.0. The van der Waals surface area contributed by atoms with Crippen LogP contribution < -0.4 is 46.9 Å². The number of hydrogen-bond donors (Lipinski definition) is 7. The minimum Gasteiger partial charge on any atom is -0.496 e. The topological polar surface area (TPSA) is 275 Å². The van der Waals surface area contributed by atoms with E-state index in [1.165, 1.54) is 41.4 Å². The molecule has 1 heterocycles. The molecule has 7 N–H and O–H groups in total. The van der Waals surface area contributed by atoms with E-state index in [1.54, 1.807) is 108 Å². The van der Waals surface area contributed by atoms with E-state index in [0.717, 1.165) is 11.0 Å². The standard InChI is InChI=1S/C30H43BN2O5.2C24H33BN2O5/c1-12-25(28(4,5)6)33(32-26(34)23-14-13-15-24(36-11)20(23)3)27(35)21-16-19(2)17-22(18-21)31-37-29(7,8)30(9,10)38-31;2*1-8-21(24(4,5)6)27(23(29)17-12-15(2)13-18(14-17)25(30)31)26-22(28)19-10-9-11-20(32-7)16(19)3/h13-18,25H,12H2,1-11H3,(H,32,34);2*9-14,21,30-31H,8H2,1-7H3,(H,26,28)/t25-;2*21-/m111/s1. The molecule has 102 heavy (non-hydrogen) atoms. The van der Waals surface area contributed by atoms with Crippen LogP contribution in [0.4, 0.5) is 0 Å². The normalized spacial score (nSPS) is 14.0. The molecule has 0 saturated carbocycles. The van der Waals surface area contributed by atoms with Gasteiger partial charge in [0.2, 0.25) is 0 Å². The van der Waals surface area contributed by atoms with E-state index in [4.69, 9.17) is 23.5 Å². The summed E-state index contributed by atoms with van der Waals surface area (Å²) < 4.78 is 28.5. The Balaban J connectivity index is 0.000000277. The average Bonchev–Trinajstić information content (AvgIpc) is 1.48. The Morgan fingerprint density at radius 3 is 0.951 bits per heavy atom. The van der Waals surface area contributed by atoms with Crippen LogP contribution >= 0.6 is 0 Å². The number of amides is 6. The molecule has 0 aromatic heterocycles. The van der Waals surface area contributed by atoms with Crippen molar-refractivity contribution < 1.29 is 72.4 Å². The van der Waals surface area contributed by atoms with Crippen molar-refractivity contribution >= 4 is 73.2 Å². The fourth-order valence-corrected chi connectivity index (χ4v) is 12.8. The summed E-state index contributed by atoms with van der Waals surface area (Å²) in [5.74, 6) is -0.572. The fraction of sp³-hybridized carbons (Fsp3) is 0.462. The number of rotatable bonds is 18. The maximum atomic E-state index is 14.1. The summed E-state index contributed by atoms with van der Waals surface area (Å²) >= 11 is 0. The molecular weight excluding hydrogens is 1290 g/mol. The van der Waals surface area contributed by atoms with E-state index in [0.29, 0.717) is 86.6 Å². The van der Waals surface area contributed by atoms with Gasteiger partial charge in [-0.05, 0) is 194 Å². The first kappa shape index (κ1) is 84.2. The first-order valence-corrected chi connectivity index (χ1v) is 34.6. The molecule has 3 atom stereocenters. The van der Waals surface area contributed by atoms with Crippen LogP contribution in [0.3, 0.4) is 0 Å². The summed E-state index contributed by atoms with van der Waals surface area (Å²) in [5.41, 5.74) is 14.4. The molecule has 0 aliphatic carbocycles. The Bertz CT molecular complexity index is 3790. The van der Waals surface area contributed by atoms with Gasteiger partial charge < -0.3 is 43.6 Å². The van der Waals surface area contributed by atoms with E-state index in [2.05, 4.69) is 37.0 Å². The molecule has 6 aromatic rings. The lowest BCUT2D eigenvalue weighted by molar-refractivity contribution is 0.00578. The van der Waals surface area contributed by atoms with Gasteiger partial charge in [-0.15, -0.1) is 0 Å². The van der Waals surface area contributed by atoms with Crippen molar-refractivity contribution in [3.63, 3.8) is 0 Å². The Hall–Kier alpha value is -8.51. The second-order valence-electron chi connectivity index (χ2n) is 30.3. The zero-order valence-corrected chi connectivity index (χ0v) is 64.6. The summed E-state index contributed by atoms with van der Waals surface area (Å²) in [7, 11) is 0.650. The first-order valence-electron chi connectivity index (χ1n) is 34.6. The maximum Gasteiger partial charge on any atom is 0.494 e. The molecule has 6 amide bonds. The van der Waals surface area contributed by atoms with Crippen molar-refractivity contribution in [3.05, 3.63) is 176 Å². The van der Waals surface area contributed by atoms with Crippen molar-refractivity contribution in [1.82, 2.24) is 31.3 Å². The highest BCUT2D eigenvalue weighted by Crippen LogP contribution is 2.38. The number of methoxy groups -OCH3 is 3. The fourth-order valence-electron chi connectivity index (χ4n) is 12.8. The highest BCUT2D eigenvalue weighted by Gasteiger charge is 2.52. The van der Waals surface area contributed by atoms with Crippen LogP contribution in [0, 0.1) is 57.8 Å². The van der Waals surface area contributed by atoms with Gasteiger partial charge in [-0.2, -0.15) is 0 Å². The third-order valence-electron chi connectivity index (χ3n) is 18.8. The minimum absolute atomic E-state index is 0.215. The molecule has 1 fully saturated rings. The third kappa shape index (κ3) is 20.6. The molecule has 0 bridgehead atoms. The highest BCUT2D eigenvalue weighted by molar-refractivity contribution is 6.62. The van der Waals surface area contributed by atoms with Gasteiger partial charge in [0, 0.05) is 50.1 Å². The van der Waals surface area contributed by atoms with Crippen LogP contribution in [0.15, 0.2) is 109 Å². The first-order chi connectivity index (χ1) is 47.3. The van der Waals surface area contributed by atoms with Crippen LogP contribution in [0.25, 0.3) is 0 Å². The van der Waals surface area contributed by atoms with E-state index < -0.39 is 56.2 Å². The van der Waals surface area contributed by atoms with Gasteiger partial charge in [0.05, 0.1) is 50.7 Å². The van der Waals surface area contributed by atoms with E-state index in [-0.39, 0.29) is 68.2 Å². The lowest BCUT2D eigenvalue weighted by Gasteiger charge is -2.39. The van der Waals surface area contributed by atoms with Crippen molar-refractivity contribution in [3.8, 4) is 17.2 Å². The highest BCUT2D eigenvalue weighted by atomic mass is 16.7. The molecule has 550 valence electrons. The number of benzene rings is 6. The molecule has 1 aliphatic rings. The monoisotopic (exact) mass is 1400 g/mol. The molecule has 6 aromatic carbocycles. The SMILES string of the molecule is CC[C@@H](N(NC(=O)c1cccc(OC)c1C)C(=O)c1cc(C)cc(B(O)O)c1)C(C)(C)C.CC[C@@H](N(NC(=O)c1cccc(OC)c1C)C(=O)c1cc(C)cc(B(O)O)c1)C(C)(C)C.CC[C@@H](N(NC(=O)c1cccc(OC)c1C)C(=O)c1cc(C)cc(B2OC(C)(C)C(C)(C)O2)c1)C(C)(C)C. The van der Waals surface area contributed by atoms with Gasteiger partial charge in [-0.1, -0.05) is 136 Å².